The summed E-state index contributed by atoms with van der Waals surface area (Å²) in [5.41, 5.74) is 20.6. The molecule has 0 saturated carbocycles. The number of hydrogen-bond donors (Lipinski definition) is 2. The van der Waals surface area contributed by atoms with E-state index < -0.39 is 5.41 Å². The second-order valence-electron chi connectivity index (χ2n) is 10.5. The number of benzene rings is 6. The second-order valence-corrected chi connectivity index (χ2v) is 10.5. The van der Waals surface area contributed by atoms with E-state index in [2.05, 4.69) is 109 Å². The molecule has 8 rings (SSSR count). The highest BCUT2D eigenvalue weighted by Gasteiger charge is 2.51. The predicted octanol–water partition coefficient (Wildman–Crippen LogP) is 8.65. The molecule has 2 aliphatic carbocycles. The Balaban J connectivity index is 1.44. The summed E-state index contributed by atoms with van der Waals surface area (Å²) >= 11 is 0. The summed E-state index contributed by atoms with van der Waals surface area (Å²) in [6.07, 6.45) is 0. The van der Waals surface area contributed by atoms with Gasteiger partial charge in [0, 0.05) is 5.56 Å². The number of aromatic hydroxyl groups is 1. The Morgan fingerprint density at radius 1 is 0.410 bits per heavy atom. The molecule has 0 bridgehead atoms. The maximum Gasteiger partial charge on any atom is 0.139 e. The number of hydrogen-bond acceptors (Lipinski definition) is 2. The van der Waals surface area contributed by atoms with Crippen LogP contribution in [0.15, 0.2) is 133 Å². The van der Waals surface area contributed by atoms with Crippen molar-refractivity contribution in [3.05, 3.63) is 156 Å². The smallest absolute Gasteiger partial charge is 0.139 e. The number of fused-ring (bicyclic) bond motifs is 10. The van der Waals surface area contributed by atoms with Crippen molar-refractivity contribution >= 4 is 5.69 Å². The molecule has 0 heterocycles. The lowest BCUT2D eigenvalue weighted by atomic mass is 9.70. The molecule has 0 aromatic heterocycles. The van der Waals surface area contributed by atoms with Crippen molar-refractivity contribution in [2.24, 2.45) is 0 Å². The lowest BCUT2D eigenvalue weighted by Crippen LogP contribution is -2.25. The Morgan fingerprint density at radius 2 is 0.923 bits per heavy atom. The van der Waals surface area contributed by atoms with Crippen LogP contribution in [-0.4, -0.2) is 5.11 Å². The van der Waals surface area contributed by atoms with E-state index in [1.54, 1.807) is 6.07 Å². The van der Waals surface area contributed by atoms with E-state index >= 15 is 0 Å². The molecule has 39 heavy (non-hydrogen) atoms. The molecule has 3 N–H and O–H groups in total. The number of nitrogen functional groups attached to an aromatic ring is 1. The van der Waals surface area contributed by atoms with Crippen LogP contribution in [0.1, 0.15) is 22.3 Å². The Bertz CT molecular complexity index is 1870. The van der Waals surface area contributed by atoms with Gasteiger partial charge in [0.1, 0.15) is 5.75 Å². The van der Waals surface area contributed by atoms with E-state index in [0.717, 1.165) is 22.3 Å². The molecule has 0 fully saturated rings. The summed E-state index contributed by atoms with van der Waals surface area (Å²) in [4.78, 5) is 0. The van der Waals surface area contributed by atoms with E-state index in [1.807, 2.05) is 18.2 Å². The third-order valence-corrected chi connectivity index (χ3v) is 8.57. The van der Waals surface area contributed by atoms with Crippen molar-refractivity contribution in [3.63, 3.8) is 0 Å². The monoisotopic (exact) mass is 499 g/mol. The summed E-state index contributed by atoms with van der Waals surface area (Å²) in [6.45, 7) is 0. The Morgan fingerprint density at radius 3 is 1.51 bits per heavy atom. The molecule has 0 unspecified atom stereocenters. The lowest BCUT2D eigenvalue weighted by Gasteiger charge is -2.30. The van der Waals surface area contributed by atoms with Gasteiger partial charge in [0.15, 0.2) is 0 Å². The number of phenols is 1. The molecular weight excluding hydrogens is 474 g/mol. The molecule has 184 valence electrons. The Labute approximate surface area is 227 Å². The van der Waals surface area contributed by atoms with Crippen LogP contribution in [0.4, 0.5) is 5.69 Å². The van der Waals surface area contributed by atoms with Crippen molar-refractivity contribution in [1.29, 1.82) is 0 Å². The fourth-order valence-corrected chi connectivity index (χ4v) is 6.94. The highest BCUT2D eigenvalue weighted by Crippen LogP contribution is 2.63. The topological polar surface area (TPSA) is 46.2 Å². The van der Waals surface area contributed by atoms with Gasteiger partial charge in [-0.3, -0.25) is 0 Å². The normalized spacial score (nSPS) is 13.5. The van der Waals surface area contributed by atoms with Crippen molar-refractivity contribution < 1.29 is 5.11 Å². The van der Waals surface area contributed by atoms with Crippen LogP contribution in [0.3, 0.4) is 0 Å². The van der Waals surface area contributed by atoms with Gasteiger partial charge in [-0.15, -0.1) is 0 Å². The molecule has 0 atom stereocenters. The van der Waals surface area contributed by atoms with Crippen LogP contribution in [-0.2, 0) is 5.41 Å². The second kappa shape index (κ2) is 7.96. The average molecular weight is 500 g/mol. The Hall–Kier alpha value is -5.08. The predicted molar refractivity (Wildman–Crippen MR) is 160 cm³/mol. The van der Waals surface area contributed by atoms with Gasteiger partial charge in [0.05, 0.1) is 11.1 Å². The molecule has 2 nitrogen and oxygen atoms in total. The van der Waals surface area contributed by atoms with E-state index in [9.17, 15) is 5.11 Å². The Kier molecular flexibility index (Phi) is 4.48. The summed E-state index contributed by atoms with van der Waals surface area (Å²) in [5.74, 6) is 0.0985. The van der Waals surface area contributed by atoms with Crippen molar-refractivity contribution in [1.82, 2.24) is 0 Å². The van der Waals surface area contributed by atoms with Gasteiger partial charge in [0.2, 0.25) is 0 Å². The number of rotatable bonds is 2. The SMILES string of the molecule is Nc1c(O)cc(-c2ccccc2)cc1-c1ccc2c(c1)C1(c3ccccc3-c3ccccc31)c1ccccc1-2. The first-order valence-corrected chi connectivity index (χ1v) is 13.3. The van der Waals surface area contributed by atoms with Crippen LogP contribution >= 0.6 is 0 Å². The molecular formula is C37H25NO. The van der Waals surface area contributed by atoms with Crippen molar-refractivity contribution in [2.45, 2.75) is 5.41 Å². The van der Waals surface area contributed by atoms with Crippen molar-refractivity contribution in [3.8, 4) is 50.3 Å². The quantitative estimate of drug-likeness (QED) is 0.185. The fourth-order valence-electron chi connectivity index (χ4n) is 6.94. The van der Waals surface area contributed by atoms with Gasteiger partial charge in [-0.1, -0.05) is 115 Å². The maximum absolute atomic E-state index is 10.9. The molecule has 0 saturated heterocycles. The molecule has 6 aromatic carbocycles. The molecule has 0 amide bonds. The van der Waals surface area contributed by atoms with Crippen LogP contribution in [0, 0.1) is 0 Å². The summed E-state index contributed by atoms with van der Waals surface area (Å²) in [7, 11) is 0. The van der Waals surface area contributed by atoms with Crippen LogP contribution in [0.25, 0.3) is 44.5 Å². The maximum atomic E-state index is 10.9. The van der Waals surface area contributed by atoms with E-state index in [0.29, 0.717) is 5.69 Å². The lowest BCUT2D eigenvalue weighted by molar-refractivity contribution is 0.478. The van der Waals surface area contributed by atoms with Crippen LogP contribution in [0.5, 0.6) is 5.75 Å². The van der Waals surface area contributed by atoms with E-state index in [4.69, 9.17) is 5.73 Å². The van der Waals surface area contributed by atoms with Gasteiger partial charge < -0.3 is 10.8 Å². The highest BCUT2D eigenvalue weighted by molar-refractivity contribution is 5.96. The first-order chi connectivity index (χ1) is 19.2. The summed E-state index contributed by atoms with van der Waals surface area (Å²) in [6, 6.07) is 47.0. The minimum absolute atomic E-state index is 0.0985. The third-order valence-electron chi connectivity index (χ3n) is 8.57. The minimum Gasteiger partial charge on any atom is -0.506 e. The third kappa shape index (κ3) is 2.86. The minimum atomic E-state index is -0.414. The first kappa shape index (κ1) is 22.0. The van der Waals surface area contributed by atoms with Gasteiger partial charge in [-0.05, 0) is 79.4 Å². The van der Waals surface area contributed by atoms with Crippen molar-refractivity contribution in [2.75, 3.05) is 5.73 Å². The van der Waals surface area contributed by atoms with Crippen LogP contribution in [0.2, 0.25) is 0 Å². The number of anilines is 1. The van der Waals surface area contributed by atoms with Gasteiger partial charge in [0.25, 0.3) is 0 Å². The van der Waals surface area contributed by atoms with E-state index in [1.165, 1.54) is 44.5 Å². The molecule has 2 heteroatoms. The zero-order valence-corrected chi connectivity index (χ0v) is 21.2. The number of phenolic OH excluding ortho intramolecular Hbond substituents is 1. The molecule has 0 aliphatic heterocycles. The molecule has 0 radical (unpaired) electrons. The molecule has 2 aliphatic rings. The summed E-state index contributed by atoms with van der Waals surface area (Å²) < 4.78 is 0. The van der Waals surface area contributed by atoms with Crippen LogP contribution < -0.4 is 5.73 Å². The van der Waals surface area contributed by atoms with Gasteiger partial charge >= 0.3 is 0 Å². The molecule has 6 aromatic rings. The van der Waals surface area contributed by atoms with Gasteiger partial charge in [-0.2, -0.15) is 0 Å². The zero-order chi connectivity index (χ0) is 26.1. The highest BCUT2D eigenvalue weighted by atomic mass is 16.3. The zero-order valence-electron chi connectivity index (χ0n) is 21.2. The first-order valence-electron chi connectivity index (χ1n) is 13.3. The van der Waals surface area contributed by atoms with Gasteiger partial charge in [-0.25, -0.2) is 0 Å². The molecule has 1 spiro atoms. The largest absolute Gasteiger partial charge is 0.506 e. The fraction of sp³-hybridized carbons (Fsp3) is 0.0270. The standard InChI is InChI=1S/C37H25NO/c38-36-30(20-25(22-35(36)39)23-10-2-1-3-11-23)24-18-19-29-28-14-6-9-17-33(28)37(34(29)21-24)31-15-7-4-12-26(31)27-13-5-8-16-32(27)37/h1-22,39H,38H2. The van der Waals surface area contributed by atoms with E-state index in [-0.39, 0.29) is 5.75 Å². The average Bonchev–Trinajstić information content (AvgIpc) is 3.46. The number of nitrogens with two attached hydrogens (primary N) is 1. The summed E-state index contributed by atoms with van der Waals surface area (Å²) in [5, 5.41) is 10.9.